The molecule has 4 nitrogen and oxygen atoms in total. The van der Waals surface area contributed by atoms with Crippen molar-refractivity contribution in [1.82, 2.24) is 0 Å². The number of hydrogen-bond acceptors (Lipinski definition) is 4. The van der Waals surface area contributed by atoms with E-state index in [4.69, 9.17) is 10.5 Å². The van der Waals surface area contributed by atoms with Gasteiger partial charge >= 0.3 is 0 Å². The monoisotopic (exact) mass is 236 g/mol. The average molecular weight is 236 g/mol. The zero-order chi connectivity index (χ0) is 12.3. The first-order valence-electron chi connectivity index (χ1n) is 5.98. The van der Waals surface area contributed by atoms with Crippen molar-refractivity contribution in [3.05, 3.63) is 23.8 Å². The van der Waals surface area contributed by atoms with Crippen molar-refractivity contribution in [2.45, 2.75) is 25.3 Å². The van der Waals surface area contributed by atoms with Gasteiger partial charge in [0.1, 0.15) is 0 Å². The highest BCUT2D eigenvalue weighted by atomic mass is 16.5. The first-order chi connectivity index (χ1) is 8.15. The molecule has 17 heavy (non-hydrogen) atoms. The van der Waals surface area contributed by atoms with Gasteiger partial charge in [-0.3, -0.25) is 0 Å². The molecule has 0 spiro atoms. The molecule has 1 aliphatic heterocycles. The van der Waals surface area contributed by atoms with Crippen molar-refractivity contribution >= 4 is 11.4 Å². The lowest BCUT2D eigenvalue weighted by molar-refractivity contribution is 0.0380. The van der Waals surface area contributed by atoms with E-state index in [1.54, 1.807) is 0 Å². The van der Waals surface area contributed by atoms with Crippen LogP contribution >= 0.6 is 0 Å². The maximum Gasteiger partial charge on any atom is 0.0663 e. The summed E-state index contributed by atoms with van der Waals surface area (Å²) in [7, 11) is 0. The van der Waals surface area contributed by atoms with Crippen molar-refractivity contribution in [2.24, 2.45) is 0 Å². The van der Waals surface area contributed by atoms with Crippen LogP contribution in [0.3, 0.4) is 0 Å². The molecule has 0 amide bonds. The first-order valence-corrected chi connectivity index (χ1v) is 5.98. The maximum atomic E-state index is 9.61. The summed E-state index contributed by atoms with van der Waals surface area (Å²) in [5, 5.41) is 13.1. The number of nitrogen functional groups attached to an aromatic ring is 1. The summed E-state index contributed by atoms with van der Waals surface area (Å²) >= 11 is 0. The number of anilines is 2. The highest BCUT2D eigenvalue weighted by molar-refractivity contribution is 5.58. The van der Waals surface area contributed by atoms with Gasteiger partial charge in [-0.15, -0.1) is 0 Å². The van der Waals surface area contributed by atoms with E-state index in [1.165, 1.54) is 0 Å². The van der Waals surface area contributed by atoms with E-state index in [-0.39, 0.29) is 12.1 Å². The van der Waals surface area contributed by atoms with Crippen LogP contribution in [0.15, 0.2) is 18.2 Å². The Labute approximate surface area is 102 Å². The Morgan fingerprint density at radius 1 is 1.41 bits per heavy atom. The summed E-state index contributed by atoms with van der Waals surface area (Å²) in [5.41, 5.74) is 8.38. The number of hydrogen-bond donors (Lipinski definition) is 3. The Hall–Kier alpha value is -1.26. The van der Waals surface area contributed by atoms with Gasteiger partial charge in [-0.05, 0) is 43.5 Å². The molecule has 0 aliphatic carbocycles. The molecule has 2 rings (SSSR count). The average Bonchev–Trinajstić information content (AvgIpc) is 2.34. The smallest absolute Gasteiger partial charge is 0.0663 e. The van der Waals surface area contributed by atoms with Crippen molar-refractivity contribution < 1.29 is 9.84 Å². The third-order valence-electron chi connectivity index (χ3n) is 3.40. The molecule has 0 aromatic heterocycles. The Balaban J connectivity index is 2.17. The van der Waals surface area contributed by atoms with Crippen LogP contribution in [-0.4, -0.2) is 30.5 Å². The van der Waals surface area contributed by atoms with Gasteiger partial charge < -0.3 is 20.9 Å². The minimum atomic E-state index is -0.251. The summed E-state index contributed by atoms with van der Waals surface area (Å²) in [6.07, 6.45) is 1.65. The molecule has 0 radical (unpaired) electrons. The molecule has 1 aliphatic rings. The van der Waals surface area contributed by atoms with Gasteiger partial charge in [0.2, 0.25) is 0 Å². The fourth-order valence-corrected chi connectivity index (χ4v) is 2.20. The molecule has 4 heteroatoms. The van der Waals surface area contributed by atoms with E-state index in [0.29, 0.717) is 13.2 Å². The second-order valence-electron chi connectivity index (χ2n) is 4.75. The largest absolute Gasteiger partial charge is 0.399 e. The molecule has 1 aromatic rings. The molecule has 1 aromatic carbocycles. The SMILES string of the molecule is Cc1cc(N)ccc1NC1(CO)CCOCC1. The molecule has 94 valence electrons. The summed E-state index contributed by atoms with van der Waals surface area (Å²) in [6.45, 7) is 3.53. The second kappa shape index (κ2) is 4.94. The molecule has 0 bridgehead atoms. The number of nitrogens with one attached hydrogen (secondary N) is 1. The second-order valence-corrected chi connectivity index (χ2v) is 4.75. The highest BCUT2D eigenvalue weighted by Crippen LogP contribution is 2.28. The predicted octanol–water partition coefficient (Wildman–Crippen LogP) is 1.53. The van der Waals surface area contributed by atoms with Gasteiger partial charge in [0.15, 0.2) is 0 Å². The predicted molar refractivity (Wildman–Crippen MR) is 69.1 cm³/mol. The minimum Gasteiger partial charge on any atom is -0.399 e. The highest BCUT2D eigenvalue weighted by Gasteiger charge is 2.31. The van der Waals surface area contributed by atoms with Gasteiger partial charge in [-0.1, -0.05) is 0 Å². The van der Waals surface area contributed by atoms with Gasteiger partial charge in [0, 0.05) is 24.6 Å². The van der Waals surface area contributed by atoms with E-state index < -0.39 is 0 Å². The fourth-order valence-electron chi connectivity index (χ4n) is 2.20. The van der Waals surface area contributed by atoms with E-state index in [2.05, 4.69) is 5.32 Å². The molecule has 1 saturated heterocycles. The number of aliphatic hydroxyl groups excluding tert-OH is 1. The van der Waals surface area contributed by atoms with Crippen molar-refractivity contribution in [2.75, 3.05) is 30.9 Å². The van der Waals surface area contributed by atoms with Crippen LogP contribution in [0.2, 0.25) is 0 Å². The van der Waals surface area contributed by atoms with Gasteiger partial charge in [0.05, 0.1) is 12.1 Å². The summed E-state index contributed by atoms with van der Waals surface area (Å²) in [6, 6.07) is 5.78. The molecule has 0 unspecified atom stereocenters. The van der Waals surface area contributed by atoms with Crippen LogP contribution in [0.25, 0.3) is 0 Å². The molecular weight excluding hydrogens is 216 g/mol. The van der Waals surface area contributed by atoms with E-state index in [0.717, 1.165) is 29.8 Å². The van der Waals surface area contributed by atoms with Crippen LogP contribution in [0.1, 0.15) is 18.4 Å². The number of nitrogens with two attached hydrogens (primary N) is 1. The van der Waals surface area contributed by atoms with Crippen LogP contribution < -0.4 is 11.1 Å². The molecule has 1 heterocycles. The number of aryl methyl sites for hydroxylation is 1. The lowest BCUT2D eigenvalue weighted by Gasteiger charge is -2.37. The lowest BCUT2D eigenvalue weighted by Crippen LogP contribution is -2.47. The molecule has 0 atom stereocenters. The van der Waals surface area contributed by atoms with E-state index >= 15 is 0 Å². The first kappa shape index (κ1) is 12.2. The minimum absolute atomic E-state index is 0.125. The van der Waals surface area contributed by atoms with E-state index in [9.17, 15) is 5.11 Å². The van der Waals surface area contributed by atoms with Gasteiger partial charge in [-0.2, -0.15) is 0 Å². The number of benzene rings is 1. The Kier molecular flexibility index (Phi) is 3.54. The standard InChI is InChI=1S/C13H20N2O2/c1-10-8-11(14)2-3-12(10)15-13(9-16)4-6-17-7-5-13/h2-3,8,15-16H,4-7,9,14H2,1H3. The number of rotatable bonds is 3. The van der Waals surface area contributed by atoms with Crippen molar-refractivity contribution in [3.8, 4) is 0 Å². The Morgan fingerprint density at radius 3 is 2.71 bits per heavy atom. The van der Waals surface area contributed by atoms with Gasteiger partial charge in [-0.25, -0.2) is 0 Å². The summed E-state index contributed by atoms with van der Waals surface area (Å²) in [4.78, 5) is 0. The van der Waals surface area contributed by atoms with Crippen LogP contribution in [0.5, 0.6) is 0 Å². The Morgan fingerprint density at radius 2 is 2.12 bits per heavy atom. The molecular formula is C13H20N2O2. The van der Waals surface area contributed by atoms with Crippen LogP contribution in [0, 0.1) is 6.92 Å². The zero-order valence-electron chi connectivity index (χ0n) is 10.2. The fraction of sp³-hybridized carbons (Fsp3) is 0.538. The Bertz CT molecular complexity index is 387. The molecule has 0 saturated carbocycles. The van der Waals surface area contributed by atoms with Crippen LogP contribution in [-0.2, 0) is 4.74 Å². The van der Waals surface area contributed by atoms with E-state index in [1.807, 2.05) is 25.1 Å². The molecule has 1 fully saturated rings. The maximum absolute atomic E-state index is 9.61. The molecule has 4 N–H and O–H groups in total. The quantitative estimate of drug-likeness (QED) is 0.696. The van der Waals surface area contributed by atoms with Crippen molar-refractivity contribution in [3.63, 3.8) is 0 Å². The summed E-state index contributed by atoms with van der Waals surface area (Å²) < 4.78 is 5.34. The van der Waals surface area contributed by atoms with Gasteiger partial charge in [0.25, 0.3) is 0 Å². The number of aliphatic hydroxyl groups is 1. The third-order valence-corrected chi connectivity index (χ3v) is 3.40. The lowest BCUT2D eigenvalue weighted by atomic mass is 9.90. The topological polar surface area (TPSA) is 67.5 Å². The van der Waals surface area contributed by atoms with Crippen molar-refractivity contribution in [1.29, 1.82) is 0 Å². The zero-order valence-corrected chi connectivity index (χ0v) is 10.2. The van der Waals surface area contributed by atoms with Crippen LogP contribution in [0.4, 0.5) is 11.4 Å². The third kappa shape index (κ3) is 2.70. The number of ether oxygens (including phenoxy) is 1. The summed E-state index contributed by atoms with van der Waals surface area (Å²) in [5.74, 6) is 0. The normalized spacial score (nSPS) is 18.9.